The molecule has 0 aromatic carbocycles. The third-order valence-electron chi connectivity index (χ3n) is 7.98. The minimum atomic E-state index is -0.858. The Morgan fingerprint density at radius 1 is 1.02 bits per heavy atom. The normalized spacial score (nSPS) is 23.4. The van der Waals surface area contributed by atoms with Crippen molar-refractivity contribution in [3.8, 4) is 0 Å². The van der Waals surface area contributed by atoms with Crippen LogP contribution in [-0.4, -0.2) is 84.6 Å². The Morgan fingerprint density at radius 2 is 1.76 bits per heavy atom. The van der Waals surface area contributed by atoms with Crippen molar-refractivity contribution in [2.45, 2.75) is 103 Å². The molecule has 0 bridgehead atoms. The molecule has 5 N–H and O–H groups in total. The topological polar surface area (TPSA) is 158 Å². The van der Waals surface area contributed by atoms with Crippen LogP contribution in [0, 0.1) is 17.3 Å². The van der Waals surface area contributed by atoms with Gasteiger partial charge < -0.3 is 20.9 Å². The van der Waals surface area contributed by atoms with Crippen LogP contribution in [0.5, 0.6) is 0 Å². The fraction of sp³-hybridized carbons (Fsp3) is 0.821. The second-order valence-corrected chi connectivity index (χ2v) is 13.1. The average molecular weight is 597 g/mol. The maximum Gasteiger partial charge on any atom is 0.289 e. The number of nitrogens with zero attached hydrogens (tertiary/aromatic N) is 1. The van der Waals surface area contributed by atoms with Crippen LogP contribution in [0.2, 0.25) is 0 Å². The number of hydrogen-bond donors (Lipinski definition) is 5. The van der Waals surface area contributed by atoms with Crippen molar-refractivity contribution < 1.29 is 28.8 Å². The summed E-state index contributed by atoms with van der Waals surface area (Å²) in [7, 11) is 0. The van der Waals surface area contributed by atoms with Gasteiger partial charge in [-0.25, -0.2) is 0 Å². The van der Waals surface area contributed by atoms with Crippen molar-refractivity contribution in [3.63, 3.8) is 0 Å². The Bertz CT molecular complexity index is 955. The molecule has 0 spiro atoms. The summed E-state index contributed by atoms with van der Waals surface area (Å²) in [5.41, 5.74) is 2.27. The number of Topliss-reactive ketones (excluding diaryl/α,β-unsaturated/α-hetero) is 1. The van der Waals surface area contributed by atoms with Crippen molar-refractivity contribution in [3.05, 3.63) is 0 Å². The number of fused-ring (bicyclic) bond motifs is 1. The molecule has 0 aromatic rings. The Kier molecular flexibility index (Phi) is 12.4. The van der Waals surface area contributed by atoms with Crippen molar-refractivity contribution >= 4 is 41.4 Å². The molecule has 3 aliphatic rings. The van der Waals surface area contributed by atoms with Gasteiger partial charge in [-0.2, -0.15) is 5.48 Å². The molecule has 5 atom stereocenters. The second kappa shape index (κ2) is 15.3. The van der Waals surface area contributed by atoms with Crippen LogP contribution in [0.25, 0.3) is 0 Å². The first-order chi connectivity index (χ1) is 19.5. The Balaban J connectivity index is 1.69. The zero-order chi connectivity index (χ0) is 30.2. The van der Waals surface area contributed by atoms with Crippen molar-refractivity contribution in [1.29, 1.82) is 0 Å². The molecule has 2 aliphatic carbocycles. The summed E-state index contributed by atoms with van der Waals surface area (Å²) < 4.78 is 2.82. The van der Waals surface area contributed by atoms with Gasteiger partial charge in [-0.1, -0.05) is 58.9 Å². The summed E-state index contributed by atoms with van der Waals surface area (Å²) in [6, 6.07) is -1.59. The summed E-state index contributed by atoms with van der Waals surface area (Å²) >= 11 is 1.30. The molecule has 3 rings (SSSR count). The van der Waals surface area contributed by atoms with E-state index in [0.29, 0.717) is 13.0 Å². The van der Waals surface area contributed by atoms with E-state index in [1.165, 1.54) is 11.9 Å². The van der Waals surface area contributed by atoms with E-state index >= 15 is 0 Å². The molecule has 13 heteroatoms. The van der Waals surface area contributed by atoms with E-state index in [2.05, 4.69) is 26.2 Å². The summed E-state index contributed by atoms with van der Waals surface area (Å²) in [6.07, 6.45) is 7.88. The highest BCUT2D eigenvalue weighted by Crippen LogP contribution is 2.43. The smallest absolute Gasteiger partial charge is 0.289 e. The van der Waals surface area contributed by atoms with Gasteiger partial charge in [0.15, 0.2) is 6.23 Å². The quantitative estimate of drug-likeness (QED) is 0.0996. The minimum Gasteiger partial charge on any atom is -0.347 e. The third kappa shape index (κ3) is 9.65. The number of ketones is 1. The number of unbranched alkanes of at least 4 members (excludes halogenated alkanes) is 1. The molecule has 1 saturated heterocycles. The zero-order valence-corrected chi connectivity index (χ0v) is 25.9. The zero-order valence-electron chi connectivity index (χ0n) is 25.0. The number of hydrogen-bond acceptors (Lipinski definition) is 9. The first kappa shape index (κ1) is 33.3. The lowest BCUT2D eigenvalue weighted by Crippen LogP contribution is -2.58. The number of carbonyl (C=O) groups is 5. The molecule has 41 heavy (non-hydrogen) atoms. The van der Waals surface area contributed by atoms with E-state index in [9.17, 15) is 24.0 Å². The molecule has 4 amide bonds. The summed E-state index contributed by atoms with van der Waals surface area (Å²) in [5.74, 6) is -1.86. The van der Waals surface area contributed by atoms with Crippen LogP contribution in [0.15, 0.2) is 0 Å². The number of rotatable bonds is 16. The van der Waals surface area contributed by atoms with Gasteiger partial charge in [0, 0.05) is 18.5 Å². The molecular formula is C28H48N6O6S. The molecule has 3 fully saturated rings. The summed E-state index contributed by atoms with van der Waals surface area (Å²) in [6.45, 7) is 7.96. The maximum atomic E-state index is 14.0. The van der Waals surface area contributed by atoms with E-state index < -0.39 is 41.3 Å². The van der Waals surface area contributed by atoms with E-state index in [4.69, 9.17) is 4.84 Å². The molecule has 0 radical (unpaired) electrons. The van der Waals surface area contributed by atoms with E-state index in [1.54, 1.807) is 11.2 Å². The molecule has 232 valence electrons. The van der Waals surface area contributed by atoms with Gasteiger partial charge in [0.1, 0.15) is 12.1 Å². The lowest BCUT2D eigenvalue weighted by atomic mass is 9.85. The van der Waals surface area contributed by atoms with Crippen LogP contribution in [0.1, 0.15) is 79.1 Å². The molecule has 1 heterocycles. The first-order valence-electron chi connectivity index (χ1n) is 14.8. The number of likely N-dealkylation sites (tertiary alicyclic amines) is 1. The number of hydroxylamine groups is 1. The van der Waals surface area contributed by atoms with Gasteiger partial charge in [0.05, 0.1) is 13.1 Å². The lowest BCUT2D eigenvalue weighted by Gasteiger charge is -2.36. The van der Waals surface area contributed by atoms with E-state index in [1.807, 2.05) is 27.7 Å². The predicted octanol–water partition coefficient (Wildman–Crippen LogP) is 1.01. The van der Waals surface area contributed by atoms with E-state index in [0.717, 1.165) is 44.9 Å². The highest BCUT2D eigenvalue weighted by molar-refractivity contribution is 7.96. The van der Waals surface area contributed by atoms with Gasteiger partial charge in [-0.3, -0.25) is 33.5 Å². The Hall–Kier alpha value is -2.22. The summed E-state index contributed by atoms with van der Waals surface area (Å²) in [5, 5.41) is 8.15. The average Bonchev–Trinajstić information content (AvgIpc) is 3.50. The fourth-order valence-corrected chi connectivity index (χ4v) is 5.75. The van der Waals surface area contributed by atoms with Gasteiger partial charge in [0.2, 0.25) is 23.5 Å². The summed E-state index contributed by atoms with van der Waals surface area (Å²) in [4.78, 5) is 72.0. The van der Waals surface area contributed by atoms with Gasteiger partial charge in [0.25, 0.3) is 5.91 Å². The molecule has 2 saturated carbocycles. The SMILES string of the molecule is CCCCC(NOC1[C@H]2CCCC2CN1C(=O)C(NC(=O)CNC(=O)CNSC)C(C)(C)C)C(=O)C(=O)NC1CC1. The highest BCUT2D eigenvalue weighted by Gasteiger charge is 2.50. The lowest BCUT2D eigenvalue weighted by molar-refractivity contribution is -0.166. The highest BCUT2D eigenvalue weighted by atomic mass is 32.2. The molecule has 1 aliphatic heterocycles. The molecule has 4 unspecified atom stereocenters. The van der Waals surface area contributed by atoms with Gasteiger partial charge >= 0.3 is 0 Å². The predicted molar refractivity (Wildman–Crippen MR) is 156 cm³/mol. The molecule has 0 aromatic heterocycles. The third-order valence-corrected chi connectivity index (χ3v) is 8.41. The Morgan fingerprint density at radius 3 is 2.39 bits per heavy atom. The number of amides is 4. The van der Waals surface area contributed by atoms with Crippen molar-refractivity contribution in [2.24, 2.45) is 17.3 Å². The fourth-order valence-electron chi connectivity index (χ4n) is 5.47. The second-order valence-electron chi connectivity index (χ2n) is 12.4. The van der Waals surface area contributed by atoms with E-state index in [-0.39, 0.29) is 42.8 Å². The maximum absolute atomic E-state index is 14.0. The monoisotopic (exact) mass is 596 g/mol. The van der Waals surface area contributed by atoms with Crippen LogP contribution in [0.4, 0.5) is 0 Å². The number of carbonyl (C=O) groups excluding carboxylic acids is 5. The van der Waals surface area contributed by atoms with Crippen LogP contribution in [0.3, 0.4) is 0 Å². The molecule has 12 nitrogen and oxygen atoms in total. The Labute approximate surface area is 247 Å². The number of nitrogens with one attached hydrogen (secondary N) is 5. The van der Waals surface area contributed by atoms with Crippen LogP contribution >= 0.6 is 11.9 Å². The van der Waals surface area contributed by atoms with Crippen LogP contribution < -0.4 is 26.2 Å². The minimum absolute atomic E-state index is 0.0721. The standard InChI is InChI=1S/C28H48N6O6S/c1-6-7-11-20(23(37)25(38)31-18-12-13-18)33-40-27-19-10-8-9-17(19)16-34(27)26(39)24(28(2,3)4)32-22(36)14-29-21(35)15-30-41-5/h17-20,24,27,30,33H,6-16H2,1-5H3,(H,29,35)(H,31,38)(H,32,36)/t17?,19-,20?,24?,27?/m0/s1. The van der Waals surface area contributed by atoms with Crippen LogP contribution in [-0.2, 0) is 28.8 Å². The van der Waals surface area contributed by atoms with Crippen molar-refractivity contribution in [2.75, 3.05) is 25.9 Å². The molecular weight excluding hydrogens is 548 g/mol. The van der Waals surface area contributed by atoms with Gasteiger partial charge in [-0.05, 0) is 49.7 Å². The first-order valence-corrected chi connectivity index (χ1v) is 16.1. The van der Waals surface area contributed by atoms with Crippen molar-refractivity contribution in [1.82, 2.24) is 31.1 Å². The van der Waals surface area contributed by atoms with Gasteiger partial charge in [-0.15, -0.1) is 0 Å². The largest absolute Gasteiger partial charge is 0.347 e.